The molecule has 1 rings (SSSR count). The van der Waals surface area contributed by atoms with Gasteiger partial charge in [-0.3, -0.25) is 4.90 Å². The van der Waals surface area contributed by atoms with Crippen molar-refractivity contribution < 1.29 is 5.11 Å². The van der Waals surface area contributed by atoms with E-state index >= 15 is 0 Å². The molecule has 2 N–H and O–H groups in total. The molecule has 1 fully saturated rings. The molecule has 0 aromatic heterocycles. The van der Waals surface area contributed by atoms with Gasteiger partial charge in [0.15, 0.2) is 0 Å². The van der Waals surface area contributed by atoms with Crippen LogP contribution in [0.5, 0.6) is 0 Å². The molecule has 1 heterocycles. The molecule has 2 unspecified atom stereocenters. The van der Waals surface area contributed by atoms with Crippen LogP contribution in [-0.4, -0.2) is 73.4 Å². The van der Waals surface area contributed by atoms with E-state index in [1.54, 1.807) is 0 Å². The van der Waals surface area contributed by atoms with Gasteiger partial charge in [0.2, 0.25) is 0 Å². The van der Waals surface area contributed by atoms with Crippen LogP contribution in [0.4, 0.5) is 0 Å². The normalized spacial score (nSPS) is 22.8. The number of rotatable bonds is 9. The fraction of sp³-hybridized carbons (Fsp3) is 1.00. The Bertz CT molecular complexity index is 213. The summed E-state index contributed by atoms with van der Waals surface area (Å²) in [6.45, 7) is 10.3. The van der Waals surface area contributed by atoms with E-state index in [0.29, 0.717) is 12.6 Å². The quantitative estimate of drug-likeness (QED) is 0.598. The largest absolute Gasteiger partial charge is 0.390 e. The molecule has 0 spiro atoms. The molecule has 0 radical (unpaired) electrons. The van der Waals surface area contributed by atoms with Gasteiger partial charge in [0, 0.05) is 25.7 Å². The van der Waals surface area contributed by atoms with Crippen LogP contribution in [0.2, 0.25) is 0 Å². The summed E-state index contributed by atoms with van der Waals surface area (Å²) in [7, 11) is 2.12. The van der Waals surface area contributed by atoms with Crippen molar-refractivity contribution in [1.82, 2.24) is 15.1 Å². The second-order valence-corrected chi connectivity index (χ2v) is 5.50. The number of likely N-dealkylation sites (N-methyl/N-ethyl adjacent to an activating group) is 2. The summed E-state index contributed by atoms with van der Waals surface area (Å²) < 4.78 is 0. The van der Waals surface area contributed by atoms with Crippen LogP contribution in [0.3, 0.4) is 0 Å². The van der Waals surface area contributed by atoms with Gasteiger partial charge >= 0.3 is 0 Å². The molecule has 1 saturated heterocycles. The first kappa shape index (κ1) is 15.9. The van der Waals surface area contributed by atoms with E-state index in [1.807, 2.05) is 0 Å². The summed E-state index contributed by atoms with van der Waals surface area (Å²) >= 11 is 0. The predicted molar refractivity (Wildman–Crippen MR) is 76.9 cm³/mol. The number of likely N-dealkylation sites (tertiary alicyclic amines) is 1. The molecule has 1 aliphatic rings. The van der Waals surface area contributed by atoms with E-state index in [9.17, 15) is 5.11 Å². The molecule has 4 heteroatoms. The number of aliphatic hydroxyl groups excluding tert-OH is 1. The van der Waals surface area contributed by atoms with Gasteiger partial charge < -0.3 is 15.3 Å². The van der Waals surface area contributed by atoms with Crippen molar-refractivity contribution in [2.75, 3.05) is 46.3 Å². The smallest absolute Gasteiger partial charge is 0.0791 e. The first-order valence-corrected chi connectivity index (χ1v) is 7.48. The minimum Gasteiger partial charge on any atom is -0.390 e. The number of hydrogen-bond acceptors (Lipinski definition) is 4. The zero-order chi connectivity index (χ0) is 13.4. The molecule has 4 nitrogen and oxygen atoms in total. The maximum atomic E-state index is 9.93. The molecule has 18 heavy (non-hydrogen) atoms. The molecule has 2 atom stereocenters. The fourth-order valence-electron chi connectivity index (χ4n) is 2.82. The highest BCUT2D eigenvalue weighted by molar-refractivity contribution is 4.81. The zero-order valence-corrected chi connectivity index (χ0v) is 12.4. The summed E-state index contributed by atoms with van der Waals surface area (Å²) in [4.78, 5) is 4.83. The summed E-state index contributed by atoms with van der Waals surface area (Å²) in [5.74, 6) is 0. The fourth-order valence-corrected chi connectivity index (χ4v) is 2.82. The average Bonchev–Trinajstić information content (AvgIpc) is 2.76. The van der Waals surface area contributed by atoms with Crippen molar-refractivity contribution in [3.8, 4) is 0 Å². The highest BCUT2D eigenvalue weighted by atomic mass is 16.3. The third-order valence-corrected chi connectivity index (χ3v) is 3.76. The first-order chi connectivity index (χ1) is 8.67. The van der Waals surface area contributed by atoms with Gasteiger partial charge in [-0.15, -0.1) is 0 Å². The molecule has 0 aromatic rings. The Morgan fingerprint density at radius 2 is 2.22 bits per heavy atom. The third-order valence-electron chi connectivity index (χ3n) is 3.76. The summed E-state index contributed by atoms with van der Waals surface area (Å²) in [5.41, 5.74) is 0. The first-order valence-electron chi connectivity index (χ1n) is 7.48. The number of hydrogen-bond donors (Lipinski definition) is 2. The number of nitrogens with zero attached hydrogens (tertiary/aromatic N) is 2. The predicted octanol–water partition coefficient (Wildman–Crippen LogP) is 0.763. The lowest BCUT2D eigenvalue weighted by atomic mass is 10.2. The lowest BCUT2D eigenvalue weighted by molar-refractivity contribution is 0.108. The van der Waals surface area contributed by atoms with E-state index < -0.39 is 0 Å². The maximum Gasteiger partial charge on any atom is 0.0791 e. The van der Waals surface area contributed by atoms with Crippen LogP contribution >= 0.6 is 0 Å². The minimum atomic E-state index is -0.252. The average molecular weight is 257 g/mol. The van der Waals surface area contributed by atoms with Gasteiger partial charge in [-0.05, 0) is 45.9 Å². The van der Waals surface area contributed by atoms with Crippen LogP contribution in [-0.2, 0) is 0 Å². The number of aliphatic hydroxyl groups is 1. The van der Waals surface area contributed by atoms with Crippen LogP contribution in [0.25, 0.3) is 0 Å². The summed E-state index contributed by atoms with van der Waals surface area (Å²) in [6.07, 6.45) is 3.50. The van der Waals surface area contributed by atoms with Crippen molar-refractivity contribution >= 4 is 0 Å². The van der Waals surface area contributed by atoms with Gasteiger partial charge in [0.25, 0.3) is 0 Å². The maximum absolute atomic E-state index is 9.93. The van der Waals surface area contributed by atoms with Crippen LogP contribution in [0, 0.1) is 0 Å². The highest BCUT2D eigenvalue weighted by Crippen LogP contribution is 2.17. The Labute approximate surface area is 112 Å². The molecule has 0 amide bonds. The molecule has 0 bridgehead atoms. The lowest BCUT2D eigenvalue weighted by Gasteiger charge is -2.29. The highest BCUT2D eigenvalue weighted by Gasteiger charge is 2.24. The zero-order valence-electron chi connectivity index (χ0n) is 12.4. The lowest BCUT2D eigenvalue weighted by Crippen LogP contribution is -2.43. The Kier molecular flexibility index (Phi) is 7.82. The summed E-state index contributed by atoms with van der Waals surface area (Å²) in [5, 5.41) is 13.2. The van der Waals surface area contributed by atoms with E-state index in [-0.39, 0.29) is 6.10 Å². The van der Waals surface area contributed by atoms with E-state index in [4.69, 9.17) is 0 Å². The SMILES string of the molecule is CCCNCC(O)CN(C)CC1CCCN1CC. The Morgan fingerprint density at radius 1 is 1.44 bits per heavy atom. The van der Waals surface area contributed by atoms with Gasteiger partial charge in [-0.25, -0.2) is 0 Å². The molecular weight excluding hydrogens is 226 g/mol. The van der Waals surface area contributed by atoms with E-state index in [2.05, 4.69) is 36.0 Å². The second-order valence-electron chi connectivity index (χ2n) is 5.50. The van der Waals surface area contributed by atoms with E-state index in [0.717, 1.165) is 32.6 Å². The molecule has 0 aromatic carbocycles. The Morgan fingerprint density at radius 3 is 2.89 bits per heavy atom. The van der Waals surface area contributed by atoms with Crippen molar-refractivity contribution in [2.24, 2.45) is 0 Å². The van der Waals surface area contributed by atoms with E-state index in [1.165, 1.54) is 19.4 Å². The van der Waals surface area contributed by atoms with Gasteiger partial charge in [0.05, 0.1) is 6.10 Å². The van der Waals surface area contributed by atoms with Crippen molar-refractivity contribution in [3.05, 3.63) is 0 Å². The Balaban J connectivity index is 2.17. The molecule has 1 aliphatic heterocycles. The van der Waals surface area contributed by atoms with Crippen LogP contribution < -0.4 is 5.32 Å². The van der Waals surface area contributed by atoms with Crippen LogP contribution in [0.1, 0.15) is 33.1 Å². The van der Waals surface area contributed by atoms with Crippen LogP contribution in [0.15, 0.2) is 0 Å². The van der Waals surface area contributed by atoms with Gasteiger partial charge in [-0.1, -0.05) is 13.8 Å². The third kappa shape index (κ3) is 5.65. The van der Waals surface area contributed by atoms with Gasteiger partial charge in [-0.2, -0.15) is 0 Å². The molecule has 0 aliphatic carbocycles. The molecule has 108 valence electrons. The van der Waals surface area contributed by atoms with Crippen molar-refractivity contribution in [1.29, 1.82) is 0 Å². The minimum absolute atomic E-state index is 0.252. The summed E-state index contributed by atoms with van der Waals surface area (Å²) in [6, 6.07) is 0.691. The monoisotopic (exact) mass is 257 g/mol. The molecule has 0 saturated carbocycles. The second kappa shape index (κ2) is 8.86. The standard InChI is InChI=1S/C14H31N3O/c1-4-8-15-10-14(18)12-16(3)11-13-7-6-9-17(13)5-2/h13-15,18H,4-12H2,1-3H3. The van der Waals surface area contributed by atoms with Crippen molar-refractivity contribution in [2.45, 2.75) is 45.3 Å². The number of nitrogens with one attached hydrogen (secondary N) is 1. The molecular formula is C14H31N3O. The topological polar surface area (TPSA) is 38.7 Å². The van der Waals surface area contributed by atoms with Crippen molar-refractivity contribution in [3.63, 3.8) is 0 Å². The van der Waals surface area contributed by atoms with Gasteiger partial charge in [0.1, 0.15) is 0 Å². The Hall–Kier alpha value is -0.160.